The van der Waals surface area contributed by atoms with Crippen LogP contribution in [-0.2, 0) is 26.4 Å². The zero-order chi connectivity index (χ0) is 15.1. The molecule has 0 aliphatic rings. The molecule has 0 saturated carbocycles. The first-order valence-corrected chi connectivity index (χ1v) is 7.51. The van der Waals surface area contributed by atoms with Crippen molar-refractivity contribution in [3.8, 4) is 0 Å². The van der Waals surface area contributed by atoms with Gasteiger partial charge in [0.2, 0.25) is 0 Å². The molecule has 0 fully saturated rings. The van der Waals surface area contributed by atoms with E-state index in [2.05, 4.69) is 5.32 Å². The van der Waals surface area contributed by atoms with E-state index < -0.39 is 5.54 Å². The van der Waals surface area contributed by atoms with Gasteiger partial charge in [-0.3, -0.25) is 5.32 Å². The first-order chi connectivity index (χ1) is 10.2. The van der Waals surface area contributed by atoms with Gasteiger partial charge in [0.15, 0.2) is 5.54 Å². The summed E-state index contributed by atoms with van der Waals surface area (Å²) in [6.45, 7) is 0.778. The molecular formula is C16H19NO3S. The molecule has 0 radical (unpaired) electrons. The fourth-order valence-corrected chi connectivity index (χ4v) is 2.89. The van der Waals surface area contributed by atoms with Gasteiger partial charge >= 0.3 is 5.97 Å². The van der Waals surface area contributed by atoms with Gasteiger partial charge in [0.25, 0.3) is 0 Å². The molecular weight excluding hydrogens is 286 g/mol. The average molecular weight is 305 g/mol. The summed E-state index contributed by atoms with van der Waals surface area (Å²) in [5.41, 5.74) is -0.176. The number of benzene rings is 1. The van der Waals surface area contributed by atoms with Crippen LogP contribution < -0.4 is 5.32 Å². The van der Waals surface area contributed by atoms with Gasteiger partial charge in [-0.2, -0.15) is 0 Å². The number of nitrogens with one attached hydrogen (secondary N) is 1. The van der Waals surface area contributed by atoms with E-state index >= 15 is 0 Å². The second kappa shape index (κ2) is 7.36. The van der Waals surface area contributed by atoms with Crippen LogP contribution in [0, 0.1) is 0 Å². The summed E-state index contributed by atoms with van der Waals surface area (Å²) < 4.78 is 10.3. The maximum atomic E-state index is 12.4. The normalized spacial score (nSPS) is 13.6. The molecule has 0 aliphatic heterocycles. The summed E-state index contributed by atoms with van der Waals surface area (Å²) in [5, 5.41) is 5.32. The number of methoxy groups -OCH3 is 2. The third-order valence-electron chi connectivity index (χ3n) is 3.31. The van der Waals surface area contributed by atoms with Gasteiger partial charge in [0.05, 0.1) is 13.7 Å². The number of carbonyl (C=O) groups is 1. The summed E-state index contributed by atoms with van der Waals surface area (Å²) in [7, 11) is 2.97. The van der Waals surface area contributed by atoms with Crippen molar-refractivity contribution < 1.29 is 14.3 Å². The fraction of sp³-hybridized carbons (Fsp3) is 0.312. The summed E-state index contributed by atoms with van der Waals surface area (Å²) >= 11 is 1.64. The lowest BCUT2D eigenvalue weighted by Gasteiger charge is -2.31. The second-order valence-electron chi connectivity index (χ2n) is 4.63. The van der Waals surface area contributed by atoms with Crippen molar-refractivity contribution in [2.45, 2.75) is 12.1 Å². The number of ether oxygens (including phenoxy) is 2. The minimum absolute atomic E-state index is 0.203. The van der Waals surface area contributed by atoms with E-state index in [1.807, 2.05) is 47.8 Å². The van der Waals surface area contributed by atoms with Gasteiger partial charge in [0.1, 0.15) is 0 Å². The number of carbonyl (C=O) groups excluding carboxylic acids is 1. The van der Waals surface area contributed by atoms with Crippen LogP contribution >= 0.6 is 11.3 Å². The standard InChI is InChI=1S/C16H19NO3S/c1-19-12-16(15(18)20-2,13-7-4-3-5-8-13)17-11-14-9-6-10-21-14/h3-10,17H,11-12H2,1-2H3. The van der Waals surface area contributed by atoms with Crippen LogP contribution in [-0.4, -0.2) is 26.8 Å². The first kappa shape index (κ1) is 15.7. The molecule has 4 nitrogen and oxygen atoms in total. The molecule has 0 saturated heterocycles. The Morgan fingerprint density at radius 2 is 1.95 bits per heavy atom. The highest BCUT2D eigenvalue weighted by molar-refractivity contribution is 7.09. The molecule has 0 amide bonds. The van der Waals surface area contributed by atoms with Crippen molar-refractivity contribution in [3.05, 3.63) is 58.3 Å². The molecule has 1 unspecified atom stereocenters. The summed E-state index contributed by atoms with van der Waals surface area (Å²) in [6.07, 6.45) is 0. The van der Waals surface area contributed by atoms with Gasteiger partial charge in [-0.1, -0.05) is 36.4 Å². The van der Waals surface area contributed by atoms with Crippen molar-refractivity contribution in [2.75, 3.05) is 20.8 Å². The molecule has 112 valence electrons. The first-order valence-electron chi connectivity index (χ1n) is 6.63. The lowest BCUT2D eigenvalue weighted by molar-refractivity contribution is -0.152. The molecule has 2 rings (SSSR count). The zero-order valence-electron chi connectivity index (χ0n) is 12.2. The Hall–Kier alpha value is -1.69. The Morgan fingerprint density at radius 3 is 2.52 bits per heavy atom. The minimum Gasteiger partial charge on any atom is -0.467 e. The number of rotatable bonds is 7. The van der Waals surface area contributed by atoms with Crippen LogP contribution in [0.3, 0.4) is 0 Å². The molecule has 1 atom stereocenters. The predicted octanol–water partition coefficient (Wildman–Crippen LogP) is 2.55. The molecule has 1 heterocycles. The third-order valence-corrected chi connectivity index (χ3v) is 4.18. The van der Waals surface area contributed by atoms with Gasteiger partial charge in [0, 0.05) is 18.5 Å². The number of hydrogen-bond acceptors (Lipinski definition) is 5. The maximum absolute atomic E-state index is 12.4. The van der Waals surface area contributed by atoms with Crippen LogP contribution in [0.1, 0.15) is 10.4 Å². The van der Waals surface area contributed by atoms with Crippen molar-refractivity contribution in [2.24, 2.45) is 0 Å². The Balaban J connectivity index is 2.33. The topological polar surface area (TPSA) is 47.6 Å². The lowest BCUT2D eigenvalue weighted by atomic mass is 9.90. The quantitative estimate of drug-likeness (QED) is 0.799. The molecule has 0 bridgehead atoms. The minimum atomic E-state index is -1.01. The Labute approximate surface area is 128 Å². The predicted molar refractivity (Wildman–Crippen MR) is 83.2 cm³/mol. The number of thiophene rings is 1. The number of esters is 1. The van der Waals surface area contributed by atoms with Gasteiger partial charge < -0.3 is 9.47 Å². The largest absolute Gasteiger partial charge is 0.467 e. The van der Waals surface area contributed by atoms with Gasteiger partial charge in [-0.25, -0.2) is 4.79 Å². The summed E-state index contributed by atoms with van der Waals surface area (Å²) in [6, 6.07) is 13.5. The van der Waals surface area contributed by atoms with Crippen molar-refractivity contribution >= 4 is 17.3 Å². The molecule has 0 spiro atoms. The van der Waals surface area contributed by atoms with E-state index in [-0.39, 0.29) is 12.6 Å². The molecule has 5 heteroatoms. The van der Waals surface area contributed by atoms with Crippen LogP contribution in [0.25, 0.3) is 0 Å². The third kappa shape index (κ3) is 3.50. The smallest absolute Gasteiger partial charge is 0.333 e. The number of hydrogen-bond donors (Lipinski definition) is 1. The van der Waals surface area contributed by atoms with Crippen LogP contribution in [0.15, 0.2) is 47.8 Å². The van der Waals surface area contributed by atoms with E-state index in [0.717, 1.165) is 10.4 Å². The second-order valence-corrected chi connectivity index (χ2v) is 5.66. The molecule has 1 aromatic carbocycles. The summed E-state index contributed by atoms with van der Waals surface area (Å²) in [4.78, 5) is 13.6. The maximum Gasteiger partial charge on any atom is 0.333 e. The van der Waals surface area contributed by atoms with E-state index in [1.165, 1.54) is 7.11 Å². The van der Waals surface area contributed by atoms with E-state index in [4.69, 9.17) is 9.47 Å². The Kier molecular flexibility index (Phi) is 5.50. The van der Waals surface area contributed by atoms with Crippen LogP contribution in [0.5, 0.6) is 0 Å². The molecule has 0 aliphatic carbocycles. The Morgan fingerprint density at radius 1 is 1.19 bits per heavy atom. The van der Waals surface area contributed by atoms with Crippen molar-refractivity contribution in [1.29, 1.82) is 0 Å². The summed E-state index contributed by atoms with van der Waals surface area (Å²) in [5.74, 6) is -0.355. The van der Waals surface area contributed by atoms with Gasteiger partial charge in [-0.15, -0.1) is 11.3 Å². The van der Waals surface area contributed by atoms with Crippen LogP contribution in [0.2, 0.25) is 0 Å². The SMILES string of the molecule is COCC(NCc1cccs1)(C(=O)OC)c1ccccc1. The van der Waals surface area contributed by atoms with Crippen molar-refractivity contribution in [1.82, 2.24) is 5.32 Å². The zero-order valence-corrected chi connectivity index (χ0v) is 13.0. The molecule has 1 aromatic heterocycles. The average Bonchev–Trinajstić information content (AvgIpc) is 3.05. The monoisotopic (exact) mass is 305 g/mol. The molecule has 1 N–H and O–H groups in total. The highest BCUT2D eigenvalue weighted by Crippen LogP contribution is 2.25. The Bertz CT molecular complexity index is 556. The molecule has 21 heavy (non-hydrogen) atoms. The fourth-order valence-electron chi connectivity index (χ4n) is 2.25. The van der Waals surface area contributed by atoms with Gasteiger partial charge in [-0.05, 0) is 17.0 Å². The van der Waals surface area contributed by atoms with E-state index in [9.17, 15) is 4.79 Å². The highest BCUT2D eigenvalue weighted by atomic mass is 32.1. The highest BCUT2D eigenvalue weighted by Gasteiger charge is 2.41. The molecule has 2 aromatic rings. The lowest BCUT2D eigenvalue weighted by Crippen LogP contribution is -2.52. The van der Waals surface area contributed by atoms with Crippen molar-refractivity contribution in [3.63, 3.8) is 0 Å². The van der Waals surface area contributed by atoms with E-state index in [1.54, 1.807) is 18.4 Å². The van der Waals surface area contributed by atoms with Crippen LogP contribution in [0.4, 0.5) is 0 Å². The van der Waals surface area contributed by atoms with E-state index in [0.29, 0.717) is 6.54 Å².